The molecular weight excluding hydrogens is 417 g/mol. The molecule has 0 radical (unpaired) electrons. The normalized spacial score (nSPS) is 10.2. The van der Waals surface area contributed by atoms with Crippen LogP contribution in [-0.4, -0.2) is 22.0 Å². The molecule has 1 aromatic carbocycles. The van der Waals surface area contributed by atoms with Crippen LogP contribution in [0.25, 0.3) is 5.57 Å². The Morgan fingerprint density at radius 1 is 1.10 bits per heavy atom. The monoisotopic (exact) mass is 443 g/mol. The zero-order chi connectivity index (χ0) is 22.4. The molecule has 7 heteroatoms. The molecule has 0 bridgehead atoms. The van der Waals surface area contributed by atoms with E-state index in [4.69, 9.17) is 28.9 Å². The van der Waals surface area contributed by atoms with E-state index in [0.29, 0.717) is 22.9 Å². The van der Waals surface area contributed by atoms with E-state index in [1.165, 1.54) is 0 Å². The Kier molecular flexibility index (Phi) is 8.21. The molecule has 0 spiro atoms. The molecule has 0 saturated carbocycles. The van der Waals surface area contributed by atoms with Gasteiger partial charge in [0.1, 0.15) is 11.0 Å². The minimum Gasteiger partial charge on any atom is -0.368 e. The highest BCUT2D eigenvalue weighted by atomic mass is 35.5. The van der Waals surface area contributed by atoms with E-state index in [-0.39, 0.29) is 11.1 Å². The Bertz CT molecular complexity index is 1040. The smallest absolute Gasteiger partial charge is 0.223 e. The van der Waals surface area contributed by atoms with Crippen LogP contribution in [0.15, 0.2) is 43.1 Å². The summed E-state index contributed by atoms with van der Waals surface area (Å²) in [5.41, 5.74) is 10.9. The number of benzene rings is 1. The van der Waals surface area contributed by atoms with Crippen molar-refractivity contribution in [3.8, 4) is 0 Å². The number of hydrogen-bond donors (Lipinski definition) is 1. The average molecular weight is 444 g/mol. The van der Waals surface area contributed by atoms with Gasteiger partial charge in [0.2, 0.25) is 5.95 Å². The van der Waals surface area contributed by atoms with Gasteiger partial charge < -0.3 is 10.6 Å². The number of nitrogens with two attached hydrogens (primary N) is 1. The highest BCUT2D eigenvalue weighted by Gasteiger charge is 2.20. The highest BCUT2D eigenvalue weighted by Crippen LogP contribution is 2.35. The molecule has 2 heterocycles. The van der Waals surface area contributed by atoms with Gasteiger partial charge in [-0.2, -0.15) is 4.98 Å². The molecule has 3 aromatic rings. The van der Waals surface area contributed by atoms with Crippen LogP contribution in [0, 0.1) is 13.8 Å². The second kappa shape index (κ2) is 10.4. The van der Waals surface area contributed by atoms with E-state index in [0.717, 1.165) is 28.0 Å². The number of anilines is 2. The number of nitrogen functional groups attached to an aromatic ring is 1. The Balaban J connectivity index is 0.00000155. The first-order valence-electron chi connectivity index (χ1n) is 9.69. The zero-order valence-corrected chi connectivity index (χ0v) is 19.5. The quantitative estimate of drug-likeness (QED) is 0.482. The molecule has 0 aliphatic carbocycles. The summed E-state index contributed by atoms with van der Waals surface area (Å²) in [5.74, 6) is 0.687. The molecule has 5 nitrogen and oxygen atoms in total. The molecule has 0 atom stereocenters. The third-order valence-electron chi connectivity index (χ3n) is 4.56. The summed E-state index contributed by atoms with van der Waals surface area (Å²) in [6.07, 6.45) is 1.77. The van der Waals surface area contributed by atoms with E-state index < -0.39 is 0 Å². The Morgan fingerprint density at radius 3 is 2.37 bits per heavy atom. The van der Waals surface area contributed by atoms with Crippen molar-refractivity contribution in [3.05, 3.63) is 81.2 Å². The van der Waals surface area contributed by atoms with E-state index in [9.17, 15) is 0 Å². The lowest BCUT2D eigenvalue weighted by Gasteiger charge is -2.23. The minimum atomic E-state index is 0.100. The molecule has 30 heavy (non-hydrogen) atoms. The molecule has 0 aliphatic rings. The first-order valence-corrected chi connectivity index (χ1v) is 10.4. The Hall–Kier alpha value is -2.63. The van der Waals surface area contributed by atoms with Crippen LogP contribution < -0.4 is 10.6 Å². The SMILES string of the molecule is C=C(c1ccccc1)c1c(Cl)nc(N)nc1N(C)Cc1ncc(C)c(Cl)c1C.CC. The second-order valence-corrected chi connectivity index (χ2v) is 7.33. The largest absolute Gasteiger partial charge is 0.368 e. The van der Waals surface area contributed by atoms with Crippen molar-refractivity contribution in [1.82, 2.24) is 15.0 Å². The van der Waals surface area contributed by atoms with E-state index >= 15 is 0 Å². The maximum Gasteiger partial charge on any atom is 0.223 e. The van der Waals surface area contributed by atoms with E-state index in [1.807, 2.05) is 70.0 Å². The lowest BCUT2D eigenvalue weighted by atomic mass is 10.0. The number of rotatable bonds is 5. The third kappa shape index (κ3) is 5.10. The lowest BCUT2D eigenvalue weighted by molar-refractivity contribution is 0.850. The van der Waals surface area contributed by atoms with Crippen LogP contribution in [0.1, 0.15) is 41.8 Å². The van der Waals surface area contributed by atoms with Crippen LogP contribution >= 0.6 is 23.2 Å². The van der Waals surface area contributed by atoms with Gasteiger partial charge in [0.05, 0.1) is 17.8 Å². The summed E-state index contributed by atoms with van der Waals surface area (Å²) in [6.45, 7) is 12.6. The highest BCUT2D eigenvalue weighted by molar-refractivity contribution is 6.32. The van der Waals surface area contributed by atoms with Crippen molar-refractivity contribution >= 4 is 40.5 Å². The predicted molar refractivity (Wildman–Crippen MR) is 128 cm³/mol. The van der Waals surface area contributed by atoms with Crippen LogP contribution in [0.4, 0.5) is 11.8 Å². The standard InChI is InChI=1S/C21H21Cl2N5.C2H6/c1-12-10-25-16(14(3)18(12)22)11-28(4)20-17(19(23)26-21(24)27-20)13(2)15-8-6-5-7-9-15;1-2/h5-10H,2,11H2,1,3-4H3,(H2,24,26,27);1-2H3. The van der Waals surface area contributed by atoms with Gasteiger partial charge in [0.15, 0.2) is 0 Å². The van der Waals surface area contributed by atoms with Gasteiger partial charge in [0, 0.05) is 18.3 Å². The number of aromatic nitrogens is 3. The predicted octanol–water partition coefficient (Wildman–Crippen LogP) is 6.10. The summed E-state index contributed by atoms with van der Waals surface area (Å²) in [4.78, 5) is 15.0. The number of nitrogens with zero attached hydrogens (tertiary/aromatic N) is 4. The molecule has 3 rings (SSSR count). The summed E-state index contributed by atoms with van der Waals surface area (Å²) in [5, 5.41) is 0.974. The first-order chi connectivity index (χ1) is 14.3. The Labute approximate surface area is 188 Å². The third-order valence-corrected chi connectivity index (χ3v) is 5.41. The van der Waals surface area contributed by atoms with E-state index in [2.05, 4.69) is 21.5 Å². The molecule has 0 aliphatic heterocycles. The van der Waals surface area contributed by atoms with Gasteiger partial charge in [-0.15, -0.1) is 0 Å². The van der Waals surface area contributed by atoms with Gasteiger partial charge in [-0.1, -0.05) is 74.0 Å². The molecule has 0 unspecified atom stereocenters. The minimum absolute atomic E-state index is 0.100. The van der Waals surface area contributed by atoms with Crippen molar-refractivity contribution in [2.24, 2.45) is 0 Å². The second-order valence-electron chi connectivity index (χ2n) is 6.60. The Morgan fingerprint density at radius 2 is 1.73 bits per heavy atom. The van der Waals surface area contributed by atoms with Crippen LogP contribution in [0.3, 0.4) is 0 Å². The van der Waals surface area contributed by atoms with Gasteiger partial charge in [-0.3, -0.25) is 4.98 Å². The van der Waals surface area contributed by atoms with E-state index in [1.54, 1.807) is 6.20 Å². The summed E-state index contributed by atoms with van der Waals surface area (Å²) < 4.78 is 0. The molecule has 0 saturated heterocycles. The first kappa shape index (κ1) is 23.6. The number of aryl methyl sites for hydroxylation is 1. The molecule has 0 amide bonds. The van der Waals surface area contributed by atoms with Crippen LogP contribution in [0.5, 0.6) is 0 Å². The van der Waals surface area contributed by atoms with Crippen molar-refractivity contribution in [1.29, 1.82) is 0 Å². The van der Waals surface area contributed by atoms with Gasteiger partial charge in [-0.05, 0) is 36.1 Å². The fourth-order valence-corrected chi connectivity index (χ4v) is 3.41. The fraction of sp³-hybridized carbons (Fsp3) is 0.261. The van der Waals surface area contributed by atoms with Crippen molar-refractivity contribution in [2.75, 3.05) is 17.7 Å². The maximum absolute atomic E-state index is 6.45. The summed E-state index contributed by atoms with van der Waals surface area (Å²) >= 11 is 12.8. The average Bonchev–Trinajstić information content (AvgIpc) is 2.75. The molecular formula is C23H27Cl2N5. The summed E-state index contributed by atoms with van der Waals surface area (Å²) in [7, 11) is 1.90. The fourth-order valence-electron chi connectivity index (χ4n) is 2.97. The van der Waals surface area contributed by atoms with Gasteiger partial charge in [0.25, 0.3) is 0 Å². The number of halogens is 2. The topological polar surface area (TPSA) is 67.9 Å². The summed E-state index contributed by atoms with van der Waals surface area (Å²) in [6, 6.07) is 9.75. The van der Waals surface area contributed by atoms with Crippen molar-refractivity contribution in [2.45, 2.75) is 34.2 Å². The molecule has 0 fully saturated rings. The van der Waals surface area contributed by atoms with Crippen LogP contribution in [-0.2, 0) is 6.54 Å². The molecule has 158 valence electrons. The van der Waals surface area contributed by atoms with Gasteiger partial charge >= 0.3 is 0 Å². The number of hydrogen-bond acceptors (Lipinski definition) is 5. The lowest BCUT2D eigenvalue weighted by Crippen LogP contribution is -2.22. The molecule has 2 N–H and O–H groups in total. The van der Waals surface area contributed by atoms with Crippen molar-refractivity contribution < 1.29 is 0 Å². The zero-order valence-electron chi connectivity index (χ0n) is 18.0. The van der Waals surface area contributed by atoms with Gasteiger partial charge in [-0.25, -0.2) is 4.98 Å². The number of pyridine rings is 1. The van der Waals surface area contributed by atoms with Crippen molar-refractivity contribution in [3.63, 3.8) is 0 Å². The van der Waals surface area contributed by atoms with Crippen LogP contribution in [0.2, 0.25) is 10.2 Å². The maximum atomic E-state index is 6.45. The molecule has 2 aromatic heterocycles.